The number of nitrogens with zero attached hydrogens (tertiary/aromatic N) is 3. The quantitative estimate of drug-likeness (QED) is 0.251. The molecule has 3 aromatic carbocycles. The van der Waals surface area contributed by atoms with E-state index in [2.05, 4.69) is 15.5 Å². The Balaban J connectivity index is 1.63. The zero-order valence-electron chi connectivity index (χ0n) is 16.2. The van der Waals surface area contributed by atoms with Crippen molar-refractivity contribution in [3.05, 3.63) is 106 Å². The molecule has 4 rings (SSSR count). The molecule has 154 valence electrons. The average Bonchev–Trinajstić information content (AvgIpc) is 2.79. The lowest BCUT2D eigenvalue weighted by atomic mass is 10.0. The van der Waals surface area contributed by atoms with Crippen molar-refractivity contribution in [2.24, 2.45) is 5.10 Å². The van der Waals surface area contributed by atoms with Crippen LogP contribution in [0.2, 0.25) is 0 Å². The third kappa shape index (κ3) is 4.64. The molecular weight excluding hydrogens is 399 g/mol. The number of anilines is 1. The van der Waals surface area contributed by atoms with E-state index < -0.39 is 4.92 Å². The van der Waals surface area contributed by atoms with E-state index in [1.165, 1.54) is 30.5 Å². The lowest BCUT2D eigenvalue weighted by molar-refractivity contribution is -0.384. The highest BCUT2D eigenvalue weighted by molar-refractivity contribution is 6.02. The lowest BCUT2D eigenvalue weighted by Crippen LogP contribution is -2.01. The van der Waals surface area contributed by atoms with Crippen LogP contribution in [0.3, 0.4) is 0 Å². The minimum Gasteiger partial charge on any atom is -0.488 e. The summed E-state index contributed by atoms with van der Waals surface area (Å²) in [5.41, 5.74) is 3.98. The number of nitrogens with one attached hydrogen (secondary N) is 1. The van der Waals surface area contributed by atoms with Crippen LogP contribution >= 0.6 is 0 Å². The molecule has 0 bridgehead atoms. The maximum atomic E-state index is 13.1. The number of ether oxygens (including phenoxy) is 1. The summed E-state index contributed by atoms with van der Waals surface area (Å²) in [6, 6.07) is 20.4. The number of aromatic nitrogens is 1. The summed E-state index contributed by atoms with van der Waals surface area (Å²) in [4.78, 5) is 14.6. The van der Waals surface area contributed by atoms with E-state index in [1.807, 2.05) is 36.4 Å². The van der Waals surface area contributed by atoms with Crippen molar-refractivity contribution in [2.75, 3.05) is 5.43 Å². The molecular formula is C23H17FN4O3. The zero-order chi connectivity index (χ0) is 21.6. The van der Waals surface area contributed by atoms with Gasteiger partial charge >= 0.3 is 5.69 Å². The predicted octanol–water partition coefficient (Wildman–Crippen LogP) is 5.31. The number of halogens is 1. The van der Waals surface area contributed by atoms with Gasteiger partial charge in [-0.05, 0) is 40.6 Å². The fourth-order valence-corrected chi connectivity index (χ4v) is 3.06. The first-order valence-corrected chi connectivity index (χ1v) is 9.39. The van der Waals surface area contributed by atoms with Crippen LogP contribution in [0.25, 0.3) is 10.8 Å². The first kappa shape index (κ1) is 20.0. The number of rotatable bonds is 7. The molecule has 1 N–H and O–H groups in total. The molecule has 1 aromatic heterocycles. The van der Waals surface area contributed by atoms with E-state index in [9.17, 15) is 14.5 Å². The van der Waals surface area contributed by atoms with Gasteiger partial charge in [0.15, 0.2) is 0 Å². The summed E-state index contributed by atoms with van der Waals surface area (Å²) >= 11 is 0. The van der Waals surface area contributed by atoms with Crippen molar-refractivity contribution in [1.29, 1.82) is 0 Å². The zero-order valence-corrected chi connectivity index (χ0v) is 16.2. The Hall–Kier alpha value is -4.33. The highest BCUT2D eigenvalue weighted by Gasteiger charge is 2.13. The summed E-state index contributed by atoms with van der Waals surface area (Å²) in [7, 11) is 0. The fourth-order valence-electron chi connectivity index (χ4n) is 3.06. The molecule has 1 heterocycles. The normalized spacial score (nSPS) is 11.0. The van der Waals surface area contributed by atoms with Gasteiger partial charge in [0.2, 0.25) is 5.82 Å². The van der Waals surface area contributed by atoms with E-state index in [4.69, 9.17) is 4.74 Å². The maximum absolute atomic E-state index is 13.1. The number of hydrogen-bond acceptors (Lipinski definition) is 6. The second-order valence-corrected chi connectivity index (χ2v) is 6.61. The number of hydrogen-bond donors (Lipinski definition) is 1. The SMILES string of the molecule is O=[N+]([O-])c1cccnc1N/N=C\c1c(OCc2ccc(F)cc2)ccc2ccccc12. The van der Waals surface area contributed by atoms with Crippen LogP contribution in [-0.4, -0.2) is 16.1 Å². The van der Waals surface area contributed by atoms with E-state index >= 15 is 0 Å². The second kappa shape index (κ2) is 9.00. The molecule has 0 unspecified atom stereocenters. The number of fused-ring (bicyclic) bond motifs is 1. The van der Waals surface area contributed by atoms with Gasteiger partial charge in [-0.25, -0.2) is 9.37 Å². The van der Waals surface area contributed by atoms with E-state index in [1.54, 1.807) is 18.3 Å². The van der Waals surface area contributed by atoms with E-state index in [0.717, 1.165) is 16.3 Å². The highest BCUT2D eigenvalue weighted by atomic mass is 19.1. The van der Waals surface area contributed by atoms with Gasteiger partial charge in [-0.3, -0.25) is 15.5 Å². The van der Waals surface area contributed by atoms with Crippen molar-refractivity contribution >= 4 is 28.5 Å². The number of nitro groups is 1. The summed E-state index contributed by atoms with van der Waals surface area (Å²) in [5, 5.41) is 17.2. The molecule has 8 heteroatoms. The third-order valence-electron chi connectivity index (χ3n) is 4.59. The van der Waals surface area contributed by atoms with Crippen LogP contribution in [0.15, 0.2) is 84.1 Å². The largest absolute Gasteiger partial charge is 0.488 e. The molecule has 0 aliphatic heterocycles. The Morgan fingerprint density at radius 3 is 2.68 bits per heavy atom. The van der Waals surface area contributed by atoms with Crippen LogP contribution in [0.1, 0.15) is 11.1 Å². The first-order chi connectivity index (χ1) is 15.1. The van der Waals surface area contributed by atoms with Gasteiger partial charge < -0.3 is 4.74 Å². The lowest BCUT2D eigenvalue weighted by Gasteiger charge is -2.12. The Bertz CT molecular complexity index is 1260. The molecule has 0 spiro atoms. The van der Waals surface area contributed by atoms with Crippen LogP contribution in [0, 0.1) is 15.9 Å². The molecule has 0 atom stereocenters. The highest BCUT2D eigenvalue weighted by Crippen LogP contribution is 2.28. The van der Waals surface area contributed by atoms with Crippen molar-refractivity contribution in [2.45, 2.75) is 6.61 Å². The van der Waals surface area contributed by atoms with Gasteiger partial charge in [0.05, 0.1) is 11.1 Å². The Kier molecular flexibility index (Phi) is 5.79. The molecule has 0 amide bonds. The number of hydrazone groups is 1. The van der Waals surface area contributed by atoms with Crippen LogP contribution in [0.4, 0.5) is 15.9 Å². The summed E-state index contributed by atoms with van der Waals surface area (Å²) in [5.74, 6) is 0.304. The predicted molar refractivity (Wildman–Crippen MR) is 117 cm³/mol. The Morgan fingerprint density at radius 1 is 1.06 bits per heavy atom. The molecule has 4 aromatic rings. The van der Waals surface area contributed by atoms with Crippen molar-refractivity contribution in [1.82, 2.24) is 4.98 Å². The molecule has 0 radical (unpaired) electrons. The van der Waals surface area contributed by atoms with Crippen LogP contribution < -0.4 is 10.2 Å². The summed E-state index contributed by atoms with van der Waals surface area (Å²) in [6.45, 7) is 0.249. The van der Waals surface area contributed by atoms with Crippen LogP contribution in [0.5, 0.6) is 5.75 Å². The van der Waals surface area contributed by atoms with Crippen LogP contribution in [-0.2, 0) is 6.61 Å². The van der Waals surface area contributed by atoms with E-state index in [-0.39, 0.29) is 23.9 Å². The van der Waals surface area contributed by atoms with Gasteiger partial charge in [-0.15, -0.1) is 0 Å². The molecule has 0 aliphatic rings. The third-order valence-corrected chi connectivity index (χ3v) is 4.59. The monoisotopic (exact) mass is 416 g/mol. The van der Waals surface area contributed by atoms with Crippen molar-refractivity contribution in [3.8, 4) is 5.75 Å². The van der Waals surface area contributed by atoms with Gasteiger partial charge in [0.25, 0.3) is 0 Å². The summed E-state index contributed by atoms with van der Waals surface area (Å²) in [6.07, 6.45) is 2.99. The molecule has 0 saturated carbocycles. The minimum absolute atomic E-state index is 0.0396. The maximum Gasteiger partial charge on any atom is 0.313 e. The second-order valence-electron chi connectivity index (χ2n) is 6.61. The number of benzene rings is 3. The topological polar surface area (TPSA) is 89.7 Å². The average molecular weight is 416 g/mol. The fraction of sp³-hybridized carbons (Fsp3) is 0.0435. The van der Waals surface area contributed by atoms with Crippen molar-refractivity contribution < 1.29 is 14.1 Å². The van der Waals surface area contributed by atoms with Gasteiger partial charge in [-0.1, -0.05) is 42.5 Å². The smallest absolute Gasteiger partial charge is 0.313 e. The van der Waals surface area contributed by atoms with Crippen molar-refractivity contribution in [3.63, 3.8) is 0 Å². The molecule has 0 fully saturated rings. The standard InChI is InChI=1S/C23H17FN4O3/c24-18-10-7-16(8-11-18)15-31-22-12-9-17-4-1-2-5-19(17)20(22)14-26-27-23-21(28(29)30)6-3-13-25-23/h1-14H,15H2,(H,25,27)/b26-14-. The Labute approximate surface area is 177 Å². The molecule has 7 nitrogen and oxygen atoms in total. The summed E-state index contributed by atoms with van der Waals surface area (Å²) < 4.78 is 19.1. The van der Waals surface area contributed by atoms with Gasteiger partial charge in [-0.2, -0.15) is 5.10 Å². The number of pyridine rings is 1. The Morgan fingerprint density at radius 2 is 1.87 bits per heavy atom. The molecule has 0 saturated heterocycles. The molecule has 31 heavy (non-hydrogen) atoms. The van der Waals surface area contributed by atoms with E-state index in [0.29, 0.717) is 11.3 Å². The minimum atomic E-state index is -0.528. The first-order valence-electron chi connectivity index (χ1n) is 9.39. The van der Waals surface area contributed by atoms with Gasteiger partial charge in [0, 0.05) is 17.8 Å². The van der Waals surface area contributed by atoms with Gasteiger partial charge in [0.1, 0.15) is 18.2 Å². The molecule has 0 aliphatic carbocycles.